The number of hydrogen-bond donors (Lipinski definition) is 0. The molecule has 0 aromatic heterocycles. The number of halogens is 4. The Morgan fingerprint density at radius 2 is 1.78 bits per heavy atom. The molecule has 0 N–H and O–H groups in total. The number of fused-ring (bicyclic) bond motifs is 1. The summed E-state index contributed by atoms with van der Waals surface area (Å²) in [5.41, 5.74) is 2.19. The largest absolute Gasteiger partial charge is 0.427 e. The maximum atomic E-state index is 13.4. The van der Waals surface area contributed by atoms with Crippen LogP contribution in [0.4, 0.5) is 17.6 Å². The van der Waals surface area contributed by atoms with Crippen LogP contribution in [0.15, 0.2) is 36.4 Å². The number of alkyl halides is 3. The van der Waals surface area contributed by atoms with Crippen molar-refractivity contribution in [2.45, 2.75) is 19.6 Å². The zero-order valence-electron chi connectivity index (χ0n) is 12.3. The van der Waals surface area contributed by atoms with E-state index >= 15 is 0 Å². The molecular formula is C17H13BF4O. The van der Waals surface area contributed by atoms with Crippen molar-refractivity contribution < 1.29 is 22.2 Å². The lowest BCUT2D eigenvalue weighted by molar-refractivity contribution is -0.137. The molecule has 1 nitrogen and oxygen atoms in total. The lowest BCUT2D eigenvalue weighted by Gasteiger charge is -2.07. The first kappa shape index (κ1) is 15.8. The molecule has 0 bridgehead atoms. The van der Waals surface area contributed by atoms with Crippen LogP contribution in [0.2, 0.25) is 6.82 Å². The van der Waals surface area contributed by atoms with Crippen LogP contribution in [-0.2, 0) is 17.4 Å². The average Bonchev–Trinajstić information content (AvgIpc) is 2.85. The third-order valence-corrected chi connectivity index (χ3v) is 3.81. The summed E-state index contributed by atoms with van der Waals surface area (Å²) in [5.74, 6) is -0.907. The summed E-state index contributed by atoms with van der Waals surface area (Å²) in [6.07, 6.45) is -1.43. The molecule has 0 radical (unpaired) electrons. The smallest absolute Gasteiger partial charge is 0.416 e. The highest BCUT2D eigenvalue weighted by atomic mass is 19.4. The van der Waals surface area contributed by atoms with Crippen LogP contribution >= 0.6 is 0 Å². The second-order valence-electron chi connectivity index (χ2n) is 5.52. The van der Waals surface area contributed by atoms with Crippen LogP contribution in [0.3, 0.4) is 0 Å². The van der Waals surface area contributed by atoms with Crippen LogP contribution in [0, 0.1) is 5.82 Å². The molecule has 3 rings (SSSR count). The van der Waals surface area contributed by atoms with Gasteiger partial charge in [0.2, 0.25) is 0 Å². The molecular weight excluding hydrogens is 307 g/mol. The Bertz CT molecular complexity index is 768. The molecule has 0 saturated heterocycles. The highest BCUT2D eigenvalue weighted by molar-refractivity contribution is 6.67. The van der Waals surface area contributed by atoms with E-state index < -0.39 is 17.6 Å². The van der Waals surface area contributed by atoms with E-state index in [0.29, 0.717) is 12.7 Å². The monoisotopic (exact) mass is 320 g/mol. The topological polar surface area (TPSA) is 9.23 Å². The van der Waals surface area contributed by atoms with E-state index in [2.05, 4.69) is 0 Å². The van der Waals surface area contributed by atoms with Crippen molar-refractivity contribution in [2.75, 3.05) is 0 Å². The molecule has 0 amide bonds. The first-order valence-electron chi connectivity index (χ1n) is 7.13. The Morgan fingerprint density at radius 3 is 2.52 bits per heavy atom. The lowest BCUT2D eigenvalue weighted by atomic mass is 9.64. The summed E-state index contributed by atoms with van der Waals surface area (Å²) in [5, 5.41) is 0. The molecule has 2 aromatic carbocycles. The molecule has 1 aliphatic heterocycles. The molecule has 0 saturated carbocycles. The molecule has 0 unspecified atom stereocenters. The number of rotatable bonds is 2. The summed E-state index contributed by atoms with van der Waals surface area (Å²) in [6, 6.07) is 8.23. The molecule has 23 heavy (non-hydrogen) atoms. The maximum Gasteiger partial charge on any atom is 0.416 e. The van der Waals surface area contributed by atoms with Gasteiger partial charge in [0.15, 0.2) is 0 Å². The molecule has 2 aromatic rings. The Balaban J connectivity index is 1.87. The molecule has 118 valence electrons. The fourth-order valence-electron chi connectivity index (χ4n) is 2.62. The van der Waals surface area contributed by atoms with Crippen LogP contribution in [0.5, 0.6) is 0 Å². The van der Waals surface area contributed by atoms with Gasteiger partial charge in [-0.25, -0.2) is 4.39 Å². The van der Waals surface area contributed by atoms with Gasteiger partial charge < -0.3 is 4.65 Å². The van der Waals surface area contributed by atoms with Crippen LogP contribution in [0.25, 0.3) is 12.2 Å². The van der Waals surface area contributed by atoms with E-state index in [1.165, 1.54) is 6.08 Å². The van der Waals surface area contributed by atoms with E-state index in [1.807, 2.05) is 25.0 Å². The molecule has 1 aliphatic rings. The third-order valence-electron chi connectivity index (χ3n) is 3.81. The summed E-state index contributed by atoms with van der Waals surface area (Å²) >= 11 is 0. The zero-order chi connectivity index (χ0) is 16.6. The van der Waals surface area contributed by atoms with Gasteiger partial charge in [-0.05, 0) is 46.4 Å². The van der Waals surface area contributed by atoms with E-state index in [0.717, 1.165) is 28.7 Å². The van der Waals surface area contributed by atoms with Gasteiger partial charge in [-0.15, -0.1) is 0 Å². The molecule has 0 spiro atoms. The lowest BCUT2D eigenvalue weighted by Crippen LogP contribution is -2.23. The van der Waals surface area contributed by atoms with Crippen molar-refractivity contribution in [3.8, 4) is 0 Å². The van der Waals surface area contributed by atoms with Crippen molar-refractivity contribution in [3.05, 3.63) is 64.5 Å². The quantitative estimate of drug-likeness (QED) is 0.453. The van der Waals surface area contributed by atoms with Crippen molar-refractivity contribution in [1.82, 2.24) is 0 Å². The van der Waals surface area contributed by atoms with Crippen LogP contribution in [-0.4, -0.2) is 6.92 Å². The molecule has 0 aliphatic carbocycles. The summed E-state index contributed by atoms with van der Waals surface area (Å²) in [4.78, 5) is 0. The van der Waals surface area contributed by atoms with Crippen LogP contribution < -0.4 is 5.46 Å². The molecule has 0 atom stereocenters. The van der Waals surface area contributed by atoms with Gasteiger partial charge in [-0.2, -0.15) is 13.2 Å². The SMILES string of the molecule is CB1OCc2cc(/C=C/c3cc(F)cc(C(F)(F)F)c3)ccc21. The summed E-state index contributed by atoms with van der Waals surface area (Å²) in [6.45, 7) is 2.55. The van der Waals surface area contributed by atoms with Gasteiger partial charge in [0, 0.05) is 0 Å². The van der Waals surface area contributed by atoms with Crippen molar-refractivity contribution in [2.24, 2.45) is 0 Å². The third kappa shape index (κ3) is 3.47. The fraction of sp³-hybridized carbons (Fsp3) is 0.176. The Kier molecular flexibility index (Phi) is 4.02. The van der Waals surface area contributed by atoms with Gasteiger partial charge in [0.05, 0.1) is 12.2 Å². The Morgan fingerprint density at radius 1 is 1.04 bits per heavy atom. The van der Waals surface area contributed by atoms with E-state index in [4.69, 9.17) is 4.65 Å². The second kappa shape index (κ2) is 5.85. The number of benzene rings is 2. The predicted molar refractivity (Wildman–Crippen MR) is 82.8 cm³/mol. The van der Waals surface area contributed by atoms with Crippen molar-refractivity contribution in [3.63, 3.8) is 0 Å². The molecule has 6 heteroatoms. The highest BCUT2D eigenvalue weighted by Gasteiger charge is 2.31. The summed E-state index contributed by atoms with van der Waals surface area (Å²) in [7, 11) is 0. The standard InChI is InChI=1S/C17H13BF4O/c1-18-16-5-4-11(6-13(16)10-23-18)2-3-12-7-14(17(20,21)22)9-15(19)8-12/h2-9H,10H2,1H3/b3-2+. The maximum absolute atomic E-state index is 13.4. The summed E-state index contributed by atoms with van der Waals surface area (Å²) < 4.78 is 56.9. The van der Waals surface area contributed by atoms with Crippen molar-refractivity contribution in [1.29, 1.82) is 0 Å². The van der Waals surface area contributed by atoms with Gasteiger partial charge in [0.25, 0.3) is 0 Å². The minimum Gasteiger partial charge on any atom is -0.427 e. The normalized spacial score (nSPS) is 14.6. The molecule has 1 heterocycles. The number of hydrogen-bond acceptors (Lipinski definition) is 1. The highest BCUT2D eigenvalue weighted by Crippen LogP contribution is 2.30. The fourth-order valence-corrected chi connectivity index (χ4v) is 2.62. The zero-order valence-corrected chi connectivity index (χ0v) is 12.3. The van der Waals surface area contributed by atoms with E-state index in [1.54, 1.807) is 6.08 Å². The van der Waals surface area contributed by atoms with Gasteiger partial charge in [-0.1, -0.05) is 31.1 Å². The van der Waals surface area contributed by atoms with Crippen molar-refractivity contribution >= 4 is 24.5 Å². The van der Waals surface area contributed by atoms with Crippen LogP contribution in [0.1, 0.15) is 22.3 Å². The Hall–Kier alpha value is -2.08. The van der Waals surface area contributed by atoms with Gasteiger partial charge in [0.1, 0.15) is 5.82 Å². The average molecular weight is 320 g/mol. The predicted octanol–water partition coefficient (Wildman–Crippen LogP) is 4.37. The van der Waals surface area contributed by atoms with Gasteiger partial charge >= 0.3 is 13.1 Å². The molecule has 0 fully saturated rings. The second-order valence-corrected chi connectivity index (χ2v) is 5.52. The Labute approximate surface area is 131 Å². The minimum atomic E-state index is -4.56. The minimum absolute atomic E-state index is 0.0561. The van der Waals surface area contributed by atoms with E-state index in [9.17, 15) is 17.6 Å². The van der Waals surface area contributed by atoms with E-state index in [-0.39, 0.29) is 12.5 Å². The first-order valence-corrected chi connectivity index (χ1v) is 7.13. The van der Waals surface area contributed by atoms with Gasteiger partial charge in [-0.3, -0.25) is 0 Å². The first-order chi connectivity index (χ1) is 10.8.